The van der Waals surface area contributed by atoms with E-state index < -0.39 is 7.21 Å². The number of hydrogen-bond acceptors (Lipinski definition) is 1. The van der Waals surface area contributed by atoms with E-state index in [0.29, 0.717) is 11.8 Å². The van der Waals surface area contributed by atoms with E-state index in [2.05, 4.69) is 132 Å². The average Bonchev–Trinajstić information content (AvgIpc) is 2.73. The fourth-order valence-corrected chi connectivity index (χ4v) is 7.52. The molecule has 0 aliphatic rings. The molecule has 0 saturated heterocycles. The first kappa shape index (κ1) is 23.5. The molecule has 3 heteroatoms. The third-order valence-corrected chi connectivity index (χ3v) is 8.93. The van der Waals surface area contributed by atoms with Crippen molar-refractivity contribution in [1.82, 2.24) is 5.09 Å². The summed E-state index contributed by atoms with van der Waals surface area (Å²) in [6.07, 6.45) is 0. The Bertz CT molecular complexity index is 976. The maximum Gasteiger partial charge on any atom is 0.0929 e. The van der Waals surface area contributed by atoms with Gasteiger partial charge >= 0.3 is 0 Å². The first-order chi connectivity index (χ1) is 14.6. The molecule has 0 radical (unpaired) electrons. The lowest BCUT2D eigenvalue weighted by Crippen LogP contribution is -2.40. The lowest BCUT2D eigenvalue weighted by molar-refractivity contribution is 0.529. The van der Waals surface area contributed by atoms with Gasteiger partial charge in [-0.25, -0.2) is 4.74 Å². The van der Waals surface area contributed by atoms with Crippen molar-refractivity contribution in [1.29, 1.82) is 0 Å². The molecule has 0 spiro atoms. The normalized spacial score (nSPS) is 12.4. The number of hydrogen-bond donors (Lipinski definition) is 1. The van der Waals surface area contributed by atoms with Gasteiger partial charge in [-0.3, -0.25) is 5.09 Å². The highest BCUT2D eigenvalue weighted by molar-refractivity contribution is 7.79. The van der Waals surface area contributed by atoms with Gasteiger partial charge in [-0.2, -0.15) is 0 Å². The van der Waals surface area contributed by atoms with Crippen molar-refractivity contribution < 1.29 is 0 Å². The van der Waals surface area contributed by atoms with E-state index in [1.165, 1.54) is 21.7 Å². The second kappa shape index (κ2) is 9.55. The monoisotopic (exact) mass is 432 g/mol. The van der Waals surface area contributed by atoms with Crippen molar-refractivity contribution in [3.8, 4) is 0 Å². The number of rotatable bonds is 6. The molecule has 31 heavy (non-hydrogen) atoms. The molecule has 0 aliphatic heterocycles. The van der Waals surface area contributed by atoms with E-state index in [1.54, 1.807) is 0 Å². The molecule has 0 unspecified atom stereocenters. The fourth-order valence-electron chi connectivity index (χ4n) is 3.97. The maximum absolute atomic E-state index is 5.76. The molecule has 3 aromatic carbocycles. The summed E-state index contributed by atoms with van der Waals surface area (Å²) < 4.78 is 5.76. The minimum absolute atomic E-state index is 0.103. The summed E-state index contributed by atoms with van der Waals surface area (Å²) in [4.78, 5) is 0. The van der Waals surface area contributed by atoms with Crippen LogP contribution in [0, 0.1) is 0 Å². The Balaban J connectivity index is 2.50. The van der Waals surface area contributed by atoms with Crippen LogP contribution in [0.3, 0.4) is 0 Å². The predicted octanol–water partition coefficient (Wildman–Crippen LogP) is 7.72. The maximum atomic E-state index is 5.76. The molecular weight excluding hydrogens is 395 g/mol. The molecule has 0 bridgehead atoms. The van der Waals surface area contributed by atoms with Gasteiger partial charge in [0, 0.05) is 16.1 Å². The van der Waals surface area contributed by atoms with Gasteiger partial charge in [0.1, 0.15) is 0 Å². The summed E-state index contributed by atoms with van der Waals surface area (Å²) in [6, 6.07) is 28.3. The Kier molecular flexibility index (Phi) is 7.24. The van der Waals surface area contributed by atoms with E-state index >= 15 is 0 Å². The third-order valence-electron chi connectivity index (χ3n) is 5.35. The Hall–Kier alpha value is -2.15. The second-order valence-corrected chi connectivity index (χ2v) is 12.6. The zero-order valence-electron chi connectivity index (χ0n) is 20.1. The first-order valence-corrected chi connectivity index (χ1v) is 13.0. The van der Waals surface area contributed by atoms with Crippen LogP contribution in [0.25, 0.3) is 0 Å². The Morgan fingerprint density at radius 3 is 1.42 bits per heavy atom. The highest BCUT2D eigenvalue weighted by Gasteiger charge is 2.30. The molecule has 0 fully saturated rings. The summed E-state index contributed by atoms with van der Waals surface area (Å²) in [5.74, 6) is 0.807. The van der Waals surface area contributed by atoms with Crippen LogP contribution < -0.4 is 15.7 Å². The molecule has 0 heterocycles. The van der Waals surface area contributed by atoms with Crippen LogP contribution in [-0.2, 0) is 0 Å². The molecule has 3 aromatic rings. The fraction of sp³-hybridized carbons (Fsp3) is 0.357. The first-order valence-electron chi connectivity index (χ1n) is 11.3. The third kappa shape index (κ3) is 5.37. The van der Waals surface area contributed by atoms with Crippen LogP contribution in [0.2, 0.25) is 0 Å². The Morgan fingerprint density at radius 1 is 0.645 bits per heavy atom. The van der Waals surface area contributed by atoms with Crippen LogP contribution in [-0.4, -0.2) is 5.54 Å². The van der Waals surface area contributed by atoms with E-state index in [-0.39, 0.29) is 5.54 Å². The second-order valence-electron chi connectivity index (χ2n) is 9.86. The summed E-state index contributed by atoms with van der Waals surface area (Å²) >= 11 is 0. The lowest BCUT2D eigenvalue weighted by Gasteiger charge is -2.35. The number of nitrogens with zero attached hydrogens (tertiary/aromatic N) is 1. The van der Waals surface area contributed by atoms with E-state index in [4.69, 9.17) is 4.74 Å². The van der Waals surface area contributed by atoms with Gasteiger partial charge < -0.3 is 0 Å². The zero-order valence-corrected chi connectivity index (χ0v) is 20.9. The molecule has 3 rings (SSSR count). The lowest BCUT2D eigenvalue weighted by atomic mass is 9.93. The topological polar surface area (TPSA) is 24.4 Å². The van der Waals surface area contributed by atoms with Crippen molar-refractivity contribution in [2.45, 2.75) is 65.8 Å². The van der Waals surface area contributed by atoms with Gasteiger partial charge in [0.25, 0.3) is 0 Å². The van der Waals surface area contributed by atoms with Gasteiger partial charge in [0.05, 0.1) is 12.9 Å². The minimum Gasteiger partial charge on any atom is -0.271 e. The standard InChI is InChI=1S/C28H37N2P/c1-21(2)25-19-14-20-26(22(3)4)27(25)29-31(30-28(5,6)7,23-15-10-8-11-16-23)24-17-12-9-13-18-24/h8-22,30H,1-7H3. The highest BCUT2D eigenvalue weighted by atomic mass is 31.2. The van der Waals surface area contributed by atoms with Gasteiger partial charge in [-0.05, 0) is 43.7 Å². The number of benzene rings is 3. The molecule has 0 saturated carbocycles. The van der Waals surface area contributed by atoms with Crippen molar-refractivity contribution in [2.75, 3.05) is 0 Å². The van der Waals surface area contributed by atoms with E-state index in [1.807, 2.05) is 0 Å². The van der Waals surface area contributed by atoms with Gasteiger partial charge in [-0.1, -0.05) is 107 Å². The van der Waals surface area contributed by atoms with Crippen molar-refractivity contribution in [3.63, 3.8) is 0 Å². The Morgan fingerprint density at radius 2 is 1.06 bits per heavy atom. The average molecular weight is 433 g/mol. The molecular formula is C28H37N2P. The van der Waals surface area contributed by atoms with E-state index in [0.717, 1.165) is 5.69 Å². The molecule has 0 aliphatic carbocycles. The van der Waals surface area contributed by atoms with Gasteiger partial charge in [0.2, 0.25) is 0 Å². The largest absolute Gasteiger partial charge is 0.271 e. The van der Waals surface area contributed by atoms with Crippen LogP contribution in [0.1, 0.15) is 71.4 Å². The molecule has 2 nitrogen and oxygen atoms in total. The summed E-state index contributed by atoms with van der Waals surface area (Å²) in [5.41, 5.74) is 3.69. The molecule has 1 N–H and O–H groups in total. The Labute approximate surface area is 189 Å². The van der Waals surface area contributed by atoms with Crippen molar-refractivity contribution in [2.24, 2.45) is 4.74 Å². The van der Waals surface area contributed by atoms with Crippen molar-refractivity contribution in [3.05, 3.63) is 90.0 Å². The van der Waals surface area contributed by atoms with Crippen LogP contribution in [0.4, 0.5) is 5.69 Å². The SMILES string of the molecule is CC(C)c1cccc(C(C)C)c1N=P(NC(C)(C)C)(c1ccccc1)c1ccccc1. The quantitative estimate of drug-likeness (QED) is 0.396. The van der Waals surface area contributed by atoms with Gasteiger partial charge in [0.15, 0.2) is 0 Å². The van der Waals surface area contributed by atoms with Crippen LogP contribution in [0.15, 0.2) is 83.6 Å². The number of nitrogens with one attached hydrogen (secondary N) is 1. The van der Waals surface area contributed by atoms with Gasteiger partial charge in [-0.15, -0.1) is 0 Å². The summed E-state index contributed by atoms with van der Waals surface area (Å²) in [6.45, 7) is 15.8. The molecule has 164 valence electrons. The smallest absolute Gasteiger partial charge is 0.0929 e. The van der Waals surface area contributed by atoms with Crippen LogP contribution in [0.5, 0.6) is 0 Å². The van der Waals surface area contributed by atoms with E-state index in [9.17, 15) is 0 Å². The van der Waals surface area contributed by atoms with Crippen molar-refractivity contribution >= 4 is 23.5 Å². The van der Waals surface area contributed by atoms with Crippen LogP contribution >= 0.6 is 7.21 Å². The molecule has 0 amide bonds. The zero-order chi connectivity index (χ0) is 22.6. The predicted molar refractivity (Wildman–Crippen MR) is 139 cm³/mol. The minimum atomic E-state index is -2.30. The summed E-state index contributed by atoms with van der Waals surface area (Å²) in [7, 11) is -2.30. The molecule has 0 aromatic heterocycles. The summed E-state index contributed by atoms with van der Waals surface area (Å²) in [5, 5.41) is 6.54. The highest BCUT2D eigenvalue weighted by Crippen LogP contribution is 2.50. The molecule has 0 atom stereocenters.